The fraction of sp³-hybridized carbons (Fsp3) is 0.208. The van der Waals surface area contributed by atoms with Gasteiger partial charge in [-0.05, 0) is 66.0 Å². The van der Waals surface area contributed by atoms with Crippen LogP contribution in [0.15, 0.2) is 83.9 Å². The lowest BCUT2D eigenvalue weighted by molar-refractivity contribution is -0.0180. The van der Waals surface area contributed by atoms with Crippen molar-refractivity contribution in [1.82, 2.24) is 0 Å². The van der Waals surface area contributed by atoms with Crippen molar-refractivity contribution in [3.63, 3.8) is 0 Å². The van der Waals surface area contributed by atoms with Crippen molar-refractivity contribution in [3.8, 4) is 22.6 Å². The van der Waals surface area contributed by atoms with E-state index in [2.05, 4.69) is 46.6 Å². The largest absolute Gasteiger partial charge is 0.457 e. The van der Waals surface area contributed by atoms with Gasteiger partial charge in [-0.25, -0.2) is 4.99 Å². The van der Waals surface area contributed by atoms with Crippen LogP contribution in [-0.4, -0.2) is 17.3 Å². The van der Waals surface area contributed by atoms with Crippen LogP contribution < -0.4 is 4.74 Å². The van der Waals surface area contributed by atoms with E-state index in [0.29, 0.717) is 6.61 Å². The molecule has 0 saturated heterocycles. The molecule has 3 nitrogen and oxygen atoms in total. The Morgan fingerprint density at radius 1 is 0.893 bits per heavy atom. The summed E-state index contributed by atoms with van der Waals surface area (Å²) in [6, 6.07) is 26.6. The van der Waals surface area contributed by atoms with Gasteiger partial charge < -0.3 is 9.47 Å². The second-order valence-corrected chi connectivity index (χ2v) is 7.06. The monoisotopic (exact) mass is 387 g/mol. The highest BCUT2D eigenvalue weighted by Gasteiger charge is 2.29. The van der Waals surface area contributed by atoms with Gasteiger partial charge in [-0.3, -0.25) is 0 Å². The zero-order chi connectivity index (χ0) is 19.2. The van der Waals surface area contributed by atoms with Crippen molar-refractivity contribution in [3.05, 3.63) is 84.4 Å². The molecule has 1 saturated carbocycles. The Bertz CT molecular complexity index is 962. The lowest BCUT2D eigenvalue weighted by atomic mass is 9.90. The summed E-state index contributed by atoms with van der Waals surface area (Å²) in [7, 11) is 0. The van der Waals surface area contributed by atoms with E-state index in [1.807, 2.05) is 54.6 Å². The van der Waals surface area contributed by atoms with Crippen molar-refractivity contribution < 1.29 is 9.47 Å². The molecule has 140 valence electrons. The molecule has 0 aromatic heterocycles. The summed E-state index contributed by atoms with van der Waals surface area (Å²) in [5.41, 5.74) is 3.42. The maximum atomic E-state index is 6.10. The molecule has 4 heteroatoms. The molecule has 1 fully saturated rings. The number of isothiocyanates is 1. The highest BCUT2D eigenvalue weighted by atomic mass is 32.1. The Labute approximate surface area is 170 Å². The van der Waals surface area contributed by atoms with Gasteiger partial charge in [0.1, 0.15) is 11.5 Å². The number of benzene rings is 3. The summed E-state index contributed by atoms with van der Waals surface area (Å²) < 4.78 is 12.1. The van der Waals surface area contributed by atoms with Crippen LogP contribution in [0.2, 0.25) is 0 Å². The minimum Gasteiger partial charge on any atom is -0.457 e. The Balaban J connectivity index is 1.53. The summed E-state index contributed by atoms with van der Waals surface area (Å²) in [4.78, 5) is 4.12. The molecule has 0 amide bonds. The van der Waals surface area contributed by atoms with Gasteiger partial charge in [0.25, 0.3) is 0 Å². The summed E-state index contributed by atoms with van der Waals surface area (Å²) in [5.74, 6) is 1.64. The van der Waals surface area contributed by atoms with E-state index >= 15 is 0 Å². The first-order valence-corrected chi connectivity index (χ1v) is 9.82. The van der Waals surface area contributed by atoms with Gasteiger partial charge in [-0.15, -0.1) is 0 Å². The van der Waals surface area contributed by atoms with E-state index in [4.69, 9.17) is 9.47 Å². The second kappa shape index (κ2) is 8.94. The van der Waals surface area contributed by atoms with Gasteiger partial charge in [0.15, 0.2) is 0 Å². The van der Waals surface area contributed by atoms with E-state index in [9.17, 15) is 0 Å². The molecule has 0 atom stereocenters. The van der Waals surface area contributed by atoms with Crippen molar-refractivity contribution in [2.24, 2.45) is 4.99 Å². The quantitative estimate of drug-likeness (QED) is 0.352. The molecule has 0 spiro atoms. The van der Waals surface area contributed by atoms with Gasteiger partial charge in [0.2, 0.25) is 0 Å². The Morgan fingerprint density at radius 3 is 2.32 bits per heavy atom. The highest BCUT2D eigenvalue weighted by molar-refractivity contribution is 7.78. The lowest BCUT2D eigenvalue weighted by Gasteiger charge is -2.31. The smallest absolute Gasteiger partial charge is 0.128 e. The number of nitrogens with zero attached hydrogens (tertiary/aromatic N) is 1. The summed E-state index contributed by atoms with van der Waals surface area (Å²) in [5, 5.41) is 2.46. The minimum absolute atomic E-state index is 0.237. The topological polar surface area (TPSA) is 30.8 Å². The first-order valence-electron chi connectivity index (χ1n) is 9.41. The van der Waals surface area contributed by atoms with Crippen molar-refractivity contribution in [1.29, 1.82) is 0 Å². The molecule has 3 aromatic carbocycles. The van der Waals surface area contributed by atoms with Crippen LogP contribution in [0.5, 0.6) is 11.5 Å². The van der Waals surface area contributed by atoms with Gasteiger partial charge >= 0.3 is 0 Å². The molecule has 0 N–H and O–H groups in total. The average Bonchev–Trinajstić information content (AvgIpc) is 2.71. The molecule has 1 aliphatic rings. The third-order valence-corrected chi connectivity index (χ3v) is 5.03. The fourth-order valence-electron chi connectivity index (χ4n) is 3.32. The van der Waals surface area contributed by atoms with Crippen molar-refractivity contribution in [2.75, 3.05) is 0 Å². The van der Waals surface area contributed by atoms with E-state index in [0.717, 1.165) is 41.0 Å². The number of thiocarbonyl (C=S) groups is 1. The fourth-order valence-corrected chi connectivity index (χ4v) is 3.47. The van der Waals surface area contributed by atoms with Crippen LogP contribution in [0.25, 0.3) is 11.1 Å². The lowest BCUT2D eigenvalue weighted by Crippen LogP contribution is -2.34. The number of rotatable bonds is 7. The van der Waals surface area contributed by atoms with Gasteiger partial charge in [0.05, 0.1) is 23.9 Å². The summed E-state index contributed by atoms with van der Waals surface area (Å²) in [6.45, 7) is 0.564. The average molecular weight is 388 g/mol. The molecule has 1 aliphatic carbocycles. The zero-order valence-electron chi connectivity index (χ0n) is 15.5. The molecule has 0 aliphatic heterocycles. The maximum absolute atomic E-state index is 6.10. The van der Waals surface area contributed by atoms with E-state index < -0.39 is 0 Å². The highest BCUT2D eigenvalue weighted by Crippen LogP contribution is 2.33. The van der Waals surface area contributed by atoms with Crippen LogP contribution in [0.1, 0.15) is 18.4 Å². The first kappa shape index (κ1) is 18.6. The van der Waals surface area contributed by atoms with E-state index in [1.54, 1.807) is 0 Å². The van der Waals surface area contributed by atoms with E-state index in [1.165, 1.54) is 0 Å². The van der Waals surface area contributed by atoms with Gasteiger partial charge in [-0.1, -0.05) is 54.6 Å². The molecule has 0 heterocycles. The van der Waals surface area contributed by atoms with Crippen LogP contribution in [-0.2, 0) is 11.3 Å². The molecule has 4 rings (SSSR count). The standard InChI is InChI=1S/C24H21NO2S/c28-17-25-20-13-23(14-20)26-16-19-11-12-22(27-21-9-5-2-6-10-21)15-24(19)18-7-3-1-4-8-18/h1-12,15,20,23H,13-14,16H2/t20-,23-. The number of para-hydroxylation sites is 1. The van der Waals surface area contributed by atoms with Gasteiger partial charge in [-0.2, -0.15) is 0 Å². The number of hydrogen-bond acceptors (Lipinski definition) is 4. The van der Waals surface area contributed by atoms with Crippen LogP contribution in [0, 0.1) is 0 Å². The number of aliphatic imine (C=N–C) groups is 1. The Hall–Kier alpha value is -2.78. The van der Waals surface area contributed by atoms with Crippen LogP contribution >= 0.6 is 12.2 Å². The van der Waals surface area contributed by atoms with Gasteiger partial charge in [0, 0.05) is 0 Å². The van der Waals surface area contributed by atoms with Crippen LogP contribution in [0.4, 0.5) is 0 Å². The predicted molar refractivity (Wildman–Crippen MR) is 115 cm³/mol. The third kappa shape index (κ3) is 4.55. The number of hydrogen-bond donors (Lipinski definition) is 0. The SMILES string of the molecule is S=C=N[C@H]1C[C@H](OCc2ccc(Oc3ccccc3)cc2-c2ccccc2)C1. The normalized spacial score (nSPS) is 18.0. The molecule has 0 unspecified atom stereocenters. The Morgan fingerprint density at radius 2 is 1.61 bits per heavy atom. The number of ether oxygens (including phenoxy) is 2. The molecular formula is C24H21NO2S. The van der Waals surface area contributed by atoms with E-state index in [-0.39, 0.29) is 12.1 Å². The van der Waals surface area contributed by atoms with Crippen LogP contribution in [0.3, 0.4) is 0 Å². The zero-order valence-corrected chi connectivity index (χ0v) is 16.3. The minimum atomic E-state index is 0.237. The Kier molecular flexibility index (Phi) is 5.93. The molecule has 0 radical (unpaired) electrons. The van der Waals surface area contributed by atoms with Crippen molar-refractivity contribution in [2.45, 2.75) is 31.6 Å². The van der Waals surface area contributed by atoms with Crippen molar-refractivity contribution >= 4 is 17.4 Å². The summed E-state index contributed by atoms with van der Waals surface area (Å²) in [6.07, 6.45) is 2.07. The molecule has 3 aromatic rings. The molecule has 28 heavy (non-hydrogen) atoms. The third-order valence-electron chi connectivity index (χ3n) is 4.92. The molecular weight excluding hydrogens is 366 g/mol. The predicted octanol–water partition coefficient (Wildman–Crippen LogP) is 6.30. The summed E-state index contributed by atoms with van der Waals surface area (Å²) >= 11 is 4.67. The molecule has 0 bridgehead atoms. The second-order valence-electron chi connectivity index (χ2n) is 6.88. The maximum Gasteiger partial charge on any atom is 0.128 e. The first-order chi connectivity index (χ1) is 13.8.